The van der Waals surface area contributed by atoms with Crippen LogP contribution in [0, 0.1) is 0 Å². The van der Waals surface area contributed by atoms with Crippen molar-refractivity contribution in [2.24, 2.45) is 0 Å². The van der Waals surface area contributed by atoms with Crippen LogP contribution in [0.15, 0.2) is 35.8 Å². The SMILES string of the molecule is C=CCN1C(=O)/C(=C\c2ccc(O)c(OC)c2)SC1=S. The van der Waals surface area contributed by atoms with Crippen LogP contribution in [0.5, 0.6) is 11.5 Å². The predicted molar refractivity (Wildman–Crippen MR) is 84.7 cm³/mol. The lowest BCUT2D eigenvalue weighted by atomic mass is 10.2. The first-order valence-corrected chi connectivity index (χ1v) is 7.02. The van der Waals surface area contributed by atoms with Gasteiger partial charge in [0.05, 0.1) is 12.0 Å². The Hall–Kier alpha value is -1.79. The van der Waals surface area contributed by atoms with E-state index in [4.69, 9.17) is 17.0 Å². The zero-order valence-electron chi connectivity index (χ0n) is 10.8. The van der Waals surface area contributed by atoms with E-state index in [1.807, 2.05) is 0 Å². The summed E-state index contributed by atoms with van der Waals surface area (Å²) in [7, 11) is 1.47. The zero-order valence-corrected chi connectivity index (χ0v) is 12.5. The van der Waals surface area contributed by atoms with Crippen molar-refractivity contribution in [2.45, 2.75) is 0 Å². The molecule has 0 saturated carbocycles. The molecule has 1 amide bonds. The molecule has 2 rings (SSSR count). The van der Waals surface area contributed by atoms with E-state index in [1.54, 1.807) is 24.3 Å². The molecule has 0 unspecified atom stereocenters. The first-order valence-electron chi connectivity index (χ1n) is 5.80. The van der Waals surface area contributed by atoms with Crippen LogP contribution in [0.2, 0.25) is 0 Å². The van der Waals surface area contributed by atoms with E-state index in [1.165, 1.54) is 29.8 Å². The summed E-state index contributed by atoms with van der Waals surface area (Å²) in [4.78, 5) is 14.2. The third kappa shape index (κ3) is 2.86. The van der Waals surface area contributed by atoms with Gasteiger partial charge in [-0.1, -0.05) is 36.1 Å². The molecule has 0 spiro atoms. The quantitative estimate of drug-likeness (QED) is 0.526. The minimum absolute atomic E-state index is 0.0591. The number of ether oxygens (including phenoxy) is 1. The largest absolute Gasteiger partial charge is 0.504 e. The molecular weight excluding hydrogens is 294 g/mol. The van der Waals surface area contributed by atoms with Crippen LogP contribution in [-0.4, -0.2) is 33.9 Å². The molecule has 1 saturated heterocycles. The number of thioether (sulfide) groups is 1. The Kier molecular flexibility index (Phi) is 4.46. The second kappa shape index (κ2) is 6.11. The minimum atomic E-state index is -0.132. The Bertz CT molecular complexity index is 610. The topological polar surface area (TPSA) is 49.8 Å². The number of rotatable bonds is 4. The van der Waals surface area contributed by atoms with Gasteiger partial charge in [-0.15, -0.1) is 6.58 Å². The highest BCUT2D eigenvalue weighted by atomic mass is 32.2. The van der Waals surface area contributed by atoms with Crippen LogP contribution in [0.1, 0.15) is 5.56 Å². The summed E-state index contributed by atoms with van der Waals surface area (Å²) in [5, 5.41) is 9.54. The highest BCUT2D eigenvalue weighted by molar-refractivity contribution is 8.26. The van der Waals surface area contributed by atoms with Gasteiger partial charge in [-0.25, -0.2) is 0 Å². The third-order valence-electron chi connectivity index (χ3n) is 2.69. The standard InChI is InChI=1S/C14H13NO3S2/c1-3-6-15-13(17)12(20-14(15)19)8-9-4-5-10(16)11(7-9)18-2/h3-5,7-8,16H,1,6H2,2H3/b12-8+. The Morgan fingerprint density at radius 1 is 1.55 bits per heavy atom. The summed E-state index contributed by atoms with van der Waals surface area (Å²) in [6.07, 6.45) is 3.36. The molecular formula is C14H13NO3S2. The van der Waals surface area contributed by atoms with Crippen LogP contribution >= 0.6 is 24.0 Å². The van der Waals surface area contributed by atoms with Gasteiger partial charge in [0, 0.05) is 6.54 Å². The molecule has 0 radical (unpaired) electrons. The number of thiocarbonyl (C=S) groups is 1. The molecule has 4 nitrogen and oxygen atoms in total. The van der Waals surface area contributed by atoms with Crippen molar-refractivity contribution in [2.75, 3.05) is 13.7 Å². The molecule has 0 aliphatic carbocycles. The predicted octanol–water partition coefficient (Wildman–Crippen LogP) is 2.79. The molecule has 6 heteroatoms. The number of phenolic OH excluding ortho intramolecular Hbond substituents is 1. The number of carbonyl (C=O) groups is 1. The Balaban J connectivity index is 2.30. The van der Waals surface area contributed by atoms with Crippen molar-refractivity contribution in [3.63, 3.8) is 0 Å². The maximum atomic E-state index is 12.2. The lowest BCUT2D eigenvalue weighted by Crippen LogP contribution is -2.27. The van der Waals surface area contributed by atoms with E-state index in [0.717, 1.165) is 5.56 Å². The van der Waals surface area contributed by atoms with Gasteiger partial charge < -0.3 is 9.84 Å². The van der Waals surface area contributed by atoms with E-state index >= 15 is 0 Å². The fourth-order valence-corrected chi connectivity index (χ4v) is 3.00. The van der Waals surface area contributed by atoms with Crippen molar-refractivity contribution in [3.8, 4) is 11.5 Å². The first kappa shape index (κ1) is 14.6. The fraction of sp³-hybridized carbons (Fsp3) is 0.143. The van der Waals surface area contributed by atoms with Crippen molar-refractivity contribution >= 4 is 40.3 Å². The smallest absolute Gasteiger partial charge is 0.266 e. The van der Waals surface area contributed by atoms with Crippen molar-refractivity contribution in [3.05, 3.63) is 41.3 Å². The third-order valence-corrected chi connectivity index (χ3v) is 4.06. The fourth-order valence-electron chi connectivity index (χ4n) is 1.72. The number of aromatic hydroxyl groups is 1. The molecule has 1 aliphatic heterocycles. The first-order chi connectivity index (χ1) is 9.56. The number of phenols is 1. The van der Waals surface area contributed by atoms with Crippen LogP contribution in [0.25, 0.3) is 6.08 Å². The molecule has 20 heavy (non-hydrogen) atoms. The molecule has 104 valence electrons. The molecule has 1 aromatic rings. The molecule has 1 fully saturated rings. The Morgan fingerprint density at radius 2 is 2.30 bits per heavy atom. The second-order valence-corrected chi connectivity index (χ2v) is 5.69. The van der Waals surface area contributed by atoms with Gasteiger partial charge in [0.25, 0.3) is 5.91 Å². The monoisotopic (exact) mass is 307 g/mol. The number of hydrogen-bond donors (Lipinski definition) is 1. The maximum absolute atomic E-state index is 12.2. The average Bonchev–Trinajstić information content (AvgIpc) is 2.69. The summed E-state index contributed by atoms with van der Waals surface area (Å²) < 4.78 is 5.56. The summed E-state index contributed by atoms with van der Waals surface area (Å²) in [6.45, 7) is 4.01. The van der Waals surface area contributed by atoms with Crippen LogP contribution in [0.4, 0.5) is 0 Å². The normalized spacial score (nSPS) is 16.9. The molecule has 1 N–H and O–H groups in total. The van der Waals surface area contributed by atoms with Gasteiger partial charge in [0.2, 0.25) is 0 Å². The maximum Gasteiger partial charge on any atom is 0.266 e. The van der Waals surface area contributed by atoms with Crippen LogP contribution < -0.4 is 4.74 Å². The van der Waals surface area contributed by atoms with Crippen molar-refractivity contribution in [1.82, 2.24) is 4.90 Å². The lowest BCUT2D eigenvalue weighted by molar-refractivity contribution is -0.121. The highest BCUT2D eigenvalue weighted by Gasteiger charge is 2.30. The van der Waals surface area contributed by atoms with E-state index < -0.39 is 0 Å². The average molecular weight is 307 g/mol. The van der Waals surface area contributed by atoms with E-state index in [0.29, 0.717) is 21.5 Å². The Labute approximate surface area is 126 Å². The molecule has 1 aromatic carbocycles. The molecule has 0 atom stereocenters. The van der Waals surface area contributed by atoms with Crippen molar-refractivity contribution < 1.29 is 14.6 Å². The van der Waals surface area contributed by atoms with E-state index in [-0.39, 0.29) is 11.7 Å². The number of nitrogens with zero attached hydrogens (tertiary/aromatic N) is 1. The number of benzene rings is 1. The number of hydrogen-bond acceptors (Lipinski definition) is 5. The zero-order chi connectivity index (χ0) is 14.7. The van der Waals surface area contributed by atoms with Crippen LogP contribution in [0.3, 0.4) is 0 Å². The van der Waals surface area contributed by atoms with Crippen molar-refractivity contribution in [1.29, 1.82) is 0 Å². The summed E-state index contributed by atoms with van der Waals surface area (Å²) >= 11 is 6.41. The highest BCUT2D eigenvalue weighted by Crippen LogP contribution is 2.34. The Morgan fingerprint density at radius 3 is 2.95 bits per heavy atom. The number of carbonyl (C=O) groups excluding carboxylic acids is 1. The van der Waals surface area contributed by atoms with Gasteiger partial charge in [-0.05, 0) is 23.8 Å². The van der Waals surface area contributed by atoms with Gasteiger partial charge in [-0.3, -0.25) is 9.69 Å². The van der Waals surface area contributed by atoms with Gasteiger partial charge >= 0.3 is 0 Å². The lowest BCUT2D eigenvalue weighted by Gasteiger charge is -2.10. The summed E-state index contributed by atoms with van der Waals surface area (Å²) in [6, 6.07) is 4.89. The number of amides is 1. The van der Waals surface area contributed by atoms with Gasteiger partial charge in [0.15, 0.2) is 11.5 Å². The van der Waals surface area contributed by atoms with Gasteiger partial charge in [-0.2, -0.15) is 0 Å². The van der Waals surface area contributed by atoms with Crippen LogP contribution in [-0.2, 0) is 4.79 Å². The molecule has 1 heterocycles. The molecule has 0 aromatic heterocycles. The van der Waals surface area contributed by atoms with Gasteiger partial charge in [0.1, 0.15) is 4.32 Å². The summed E-state index contributed by atoms with van der Waals surface area (Å²) in [5.74, 6) is 0.288. The minimum Gasteiger partial charge on any atom is -0.504 e. The van der Waals surface area contributed by atoms with E-state index in [9.17, 15) is 9.90 Å². The van der Waals surface area contributed by atoms with E-state index in [2.05, 4.69) is 6.58 Å². The number of methoxy groups -OCH3 is 1. The summed E-state index contributed by atoms with van der Waals surface area (Å²) in [5.41, 5.74) is 0.763. The second-order valence-electron chi connectivity index (χ2n) is 4.01. The molecule has 0 bridgehead atoms. The molecule has 1 aliphatic rings.